The van der Waals surface area contributed by atoms with Gasteiger partial charge in [0.1, 0.15) is 11.8 Å². The fraction of sp³-hybridized carbons (Fsp3) is 0.450. The van der Waals surface area contributed by atoms with Crippen molar-refractivity contribution in [3.05, 3.63) is 54.2 Å². The van der Waals surface area contributed by atoms with Crippen LogP contribution in [0.1, 0.15) is 12.6 Å². The summed E-state index contributed by atoms with van der Waals surface area (Å²) < 4.78 is 38.4. The number of benzene rings is 1. The minimum atomic E-state index is -3.09. The van der Waals surface area contributed by atoms with Crippen molar-refractivity contribution >= 4 is 11.8 Å². The van der Waals surface area contributed by atoms with Crippen LogP contribution >= 0.6 is 11.8 Å². The van der Waals surface area contributed by atoms with Gasteiger partial charge in [-0.05, 0) is 18.2 Å². The summed E-state index contributed by atoms with van der Waals surface area (Å²) in [6, 6.07) is 13.9. The molecule has 4 atom stereocenters. The maximum absolute atomic E-state index is 13.5. The number of rotatable bonds is 7. The Morgan fingerprint density at radius 3 is 2.64 bits per heavy atom. The number of thioether (sulfide) groups is 1. The first-order valence-electron chi connectivity index (χ1n) is 8.99. The predicted octanol–water partition coefficient (Wildman–Crippen LogP) is 3.10. The molecule has 0 amide bonds. The summed E-state index contributed by atoms with van der Waals surface area (Å²) in [7, 11) is 0. The van der Waals surface area contributed by atoms with Gasteiger partial charge in [0.25, 0.3) is 5.92 Å². The standard InChI is InChI=1S/C20H23F2NO4S/c1-20(21,22)17-8-5-9-18(23-17)27-15-11-26-16(19(25)14(15)10-24)12-28-13-6-3-2-4-7-13/h2-9,14-16,19,24-25H,10-12H2,1H3/t14-,15+,16-,19-/m1/s1. The van der Waals surface area contributed by atoms with E-state index in [-0.39, 0.29) is 19.1 Å². The SMILES string of the molecule is CC(F)(F)c1cccc(O[C@H]2CO[C@H](CSc3ccccc3)[C@H](O)[C@@H]2CO)n1. The maximum atomic E-state index is 13.5. The number of hydrogen-bond acceptors (Lipinski definition) is 6. The molecule has 1 aromatic carbocycles. The summed E-state index contributed by atoms with van der Waals surface area (Å²) in [6.45, 7) is 0.570. The summed E-state index contributed by atoms with van der Waals surface area (Å²) in [6.07, 6.45) is -2.11. The Bertz CT molecular complexity index is 759. The van der Waals surface area contributed by atoms with Crippen LogP contribution in [-0.2, 0) is 10.7 Å². The van der Waals surface area contributed by atoms with Crippen LogP contribution in [0.2, 0.25) is 0 Å². The molecular weight excluding hydrogens is 388 g/mol. The van der Waals surface area contributed by atoms with Crippen molar-refractivity contribution in [2.24, 2.45) is 5.92 Å². The van der Waals surface area contributed by atoms with E-state index in [1.54, 1.807) is 11.8 Å². The molecule has 0 spiro atoms. The van der Waals surface area contributed by atoms with Crippen LogP contribution in [-0.4, -0.2) is 52.5 Å². The van der Waals surface area contributed by atoms with Crippen molar-refractivity contribution < 1.29 is 28.5 Å². The second kappa shape index (κ2) is 9.17. The number of aromatic nitrogens is 1. The van der Waals surface area contributed by atoms with Crippen LogP contribution in [0.25, 0.3) is 0 Å². The van der Waals surface area contributed by atoms with E-state index in [4.69, 9.17) is 9.47 Å². The van der Waals surface area contributed by atoms with E-state index in [1.807, 2.05) is 30.3 Å². The number of ether oxygens (including phenoxy) is 2. The zero-order valence-corrected chi connectivity index (χ0v) is 16.2. The van der Waals surface area contributed by atoms with Crippen molar-refractivity contribution in [1.29, 1.82) is 0 Å². The van der Waals surface area contributed by atoms with Gasteiger partial charge in [-0.1, -0.05) is 24.3 Å². The molecule has 2 N–H and O–H groups in total. The molecule has 0 unspecified atom stereocenters. The molecule has 0 bridgehead atoms. The lowest BCUT2D eigenvalue weighted by Crippen LogP contribution is -2.53. The number of halogens is 2. The van der Waals surface area contributed by atoms with Gasteiger partial charge in [-0.2, -0.15) is 8.78 Å². The molecule has 1 saturated heterocycles. The molecule has 8 heteroatoms. The third-order valence-corrected chi connectivity index (χ3v) is 5.69. The van der Waals surface area contributed by atoms with Crippen LogP contribution < -0.4 is 4.74 Å². The highest BCUT2D eigenvalue weighted by molar-refractivity contribution is 7.99. The van der Waals surface area contributed by atoms with Crippen molar-refractivity contribution in [1.82, 2.24) is 4.98 Å². The molecule has 0 radical (unpaired) electrons. The maximum Gasteiger partial charge on any atom is 0.287 e. The van der Waals surface area contributed by atoms with E-state index in [0.29, 0.717) is 5.75 Å². The Balaban J connectivity index is 1.63. The van der Waals surface area contributed by atoms with Crippen LogP contribution in [0.15, 0.2) is 53.4 Å². The summed E-state index contributed by atoms with van der Waals surface area (Å²) in [4.78, 5) is 4.89. The molecule has 1 aliphatic heterocycles. The fourth-order valence-corrected chi connectivity index (χ4v) is 4.00. The van der Waals surface area contributed by atoms with Gasteiger partial charge in [-0.25, -0.2) is 4.98 Å². The minimum absolute atomic E-state index is 0.00962. The minimum Gasteiger partial charge on any atom is -0.471 e. The highest BCUT2D eigenvalue weighted by Gasteiger charge is 2.40. The zero-order valence-electron chi connectivity index (χ0n) is 15.4. The topological polar surface area (TPSA) is 71.8 Å². The smallest absolute Gasteiger partial charge is 0.287 e. The molecule has 1 aromatic heterocycles. The lowest BCUT2D eigenvalue weighted by molar-refractivity contribution is -0.153. The second-order valence-electron chi connectivity index (χ2n) is 6.74. The molecule has 3 rings (SSSR count). The van der Waals surface area contributed by atoms with E-state index >= 15 is 0 Å². The van der Waals surface area contributed by atoms with Gasteiger partial charge in [-0.3, -0.25) is 0 Å². The van der Waals surface area contributed by atoms with Crippen molar-refractivity contribution in [3.63, 3.8) is 0 Å². The molecule has 1 aliphatic rings. The van der Waals surface area contributed by atoms with Crippen LogP contribution in [0.4, 0.5) is 8.78 Å². The average Bonchev–Trinajstić information content (AvgIpc) is 2.68. The highest BCUT2D eigenvalue weighted by Crippen LogP contribution is 2.30. The highest BCUT2D eigenvalue weighted by atomic mass is 32.2. The molecule has 0 saturated carbocycles. The Kier molecular flexibility index (Phi) is 6.87. The summed E-state index contributed by atoms with van der Waals surface area (Å²) in [5.74, 6) is -3.17. The summed E-state index contributed by atoms with van der Waals surface area (Å²) in [5, 5.41) is 20.4. The van der Waals surface area contributed by atoms with Gasteiger partial charge in [0.05, 0.1) is 25.4 Å². The molecule has 2 aromatic rings. The Labute approximate surface area is 166 Å². The normalized spacial score (nSPS) is 25.5. The number of aliphatic hydroxyl groups excluding tert-OH is 2. The third kappa shape index (κ3) is 5.20. The second-order valence-corrected chi connectivity index (χ2v) is 7.83. The Hall–Kier alpha value is -1.74. The summed E-state index contributed by atoms with van der Waals surface area (Å²) in [5.41, 5.74) is -0.403. The van der Waals surface area contributed by atoms with Crippen LogP contribution in [0.5, 0.6) is 5.88 Å². The van der Waals surface area contributed by atoms with E-state index in [9.17, 15) is 19.0 Å². The summed E-state index contributed by atoms with van der Waals surface area (Å²) >= 11 is 1.55. The number of alkyl halides is 2. The predicted molar refractivity (Wildman–Crippen MR) is 102 cm³/mol. The van der Waals surface area contributed by atoms with Gasteiger partial charge < -0.3 is 19.7 Å². The zero-order chi connectivity index (χ0) is 20.1. The molecule has 1 fully saturated rings. The molecule has 0 aliphatic carbocycles. The Morgan fingerprint density at radius 1 is 1.21 bits per heavy atom. The van der Waals surface area contributed by atoms with Crippen LogP contribution in [0.3, 0.4) is 0 Å². The van der Waals surface area contributed by atoms with Gasteiger partial charge >= 0.3 is 0 Å². The first-order chi connectivity index (χ1) is 13.4. The van der Waals surface area contributed by atoms with Gasteiger partial charge in [-0.15, -0.1) is 11.8 Å². The van der Waals surface area contributed by atoms with E-state index in [1.165, 1.54) is 18.2 Å². The van der Waals surface area contributed by atoms with E-state index in [0.717, 1.165) is 11.8 Å². The lowest BCUT2D eigenvalue weighted by atomic mass is 9.91. The van der Waals surface area contributed by atoms with Crippen LogP contribution in [0, 0.1) is 5.92 Å². The molecule has 5 nitrogen and oxygen atoms in total. The van der Waals surface area contributed by atoms with Gasteiger partial charge in [0.15, 0.2) is 0 Å². The lowest BCUT2D eigenvalue weighted by Gasteiger charge is -2.39. The molecule has 2 heterocycles. The van der Waals surface area contributed by atoms with E-state index < -0.39 is 35.8 Å². The number of aliphatic hydroxyl groups is 2. The van der Waals surface area contributed by atoms with Crippen molar-refractivity contribution in [2.75, 3.05) is 19.0 Å². The average molecular weight is 411 g/mol. The monoisotopic (exact) mass is 411 g/mol. The molecule has 28 heavy (non-hydrogen) atoms. The fourth-order valence-electron chi connectivity index (χ4n) is 3.01. The number of hydrogen-bond donors (Lipinski definition) is 2. The first-order valence-corrected chi connectivity index (χ1v) is 9.97. The largest absolute Gasteiger partial charge is 0.471 e. The molecular formula is C20H23F2NO4S. The van der Waals surface area contributed by atoms with Gasteiger partial charge in [0.2, 0.25) is 5.88 Å². The molecule has 152 valence electrons. The van der Waals surface area contributed by atoms with E-state index in [2.05, 4.69) is 4.98 Å². The first kappa shape index (κ1) is 21.0. The van der Waals surface area contributed by atoms with Gasteiger partial charge in [0, 0.05) is 29.6 Å². The third-order valence-electron chi connectivity index (χ3n) is 4.59. The van der Waals surface area contributed by atoms with Crippen molar-refractivity contribution in [2.45, 2.75) is 36.1 Å². The Morgan fingerprint density at radius 2 is 1.96 bits per heavy atom. The quantitative estimate of drug-likeness (QED) is 0.683. The number of nitrogens with zero attached hydrogens (tertiary/aromatic N) is 1. The number of pyridine rings is 1. The van der Waals surface area contributed by atoms with Crippen molar-refractivity contribution in [3.8, 4) is 5.88 Å².